The molecule has 0 aliphatic heterocycles. The zero-order chi connectivity index (χ0) is 18.6. The minimum atomic E-state index is -1.64. The van der Waals surface area contributed by atoms with Crippen molar-refractivity contribution in [2.24, 2.45) is 0 Å². The Hall–Kier alpha value is -2.81. The number of carbonyl (C=O) groups is 1. The van der Waals surface area contributed by atoms with E-state index in [2.05, 4.69) is 5.32 Å². The van der Waals surface area contributed by atoms with Crippen LogP contribution in [0.25, 0.3) is 0 Å². The molecule has 0 saturated carbocycles. The first kappa shape index (κ1) is 18.5. The Labute approximate surface area is 140 Å². The van der Waals surface area contributed by atoms with E-state index in [0.717, 1.165) is 0 Å². The molecule has 0 aliphatic carbocycles. The van der Waals surface area contributed by atoms with Crippen LogP contribution in [0, 0.1) is 24.4 Å². The Kier molecular flexibility index (Phi) is 5.81. The number of benzene rings is 1. The fraction of sp³-hybridized carbons (Fsp3) is 0.250. The zero-order valence-corrected chi connectivity index (χ0v) is 13.2. The van der Waals surface area contributed by atoms with Crippen LogP contribution in [0.1, 0.15) is 5.69 Å². The number of amides is 1. The number of rotatable bonds is 6. The normalized spacial score (nSPS) is 10.6. The summed E-state index contributed by atoms with van der Waals surface area (Å²) in [4.78, 5) is 23.6. The van der Waals surface area contributed by atoms with Crippen LogP contribution in [-0.2, 0) is 11.3 Å². The number of ether oxygens (including phenoxy) is 1. The first-order valence-electron chi connectivity index (χ1n) is 7.21. The number of aromatic nitrogens is 1. The quantitative estimate of drug-likeness (QED) is 0.771. The smallest absolute Gasteiger partial charge is 0.262 e. The van der Waals surface area contributed by atoms with Gasteiger partial charge in [-0.25, -0.2) is 13.2 Å². The summed E-state index contributed by atoms with van der Waals surface area (Å²) in [6.07, 6.45) is 1.48. The van der Waals surface area contributed by atoms with E-state index in [4.69, 9.17) is 9.84 Å². The van der Waals surface area contributed by atoms with Gasteiger partial charge in [-0.05, 0) is 6.92 Å². The van der Waals surface area contributed by atoms with Crippen LogP contribution in [-0.4, -0.2) is 28.8 Å². The zero-order valence-electron chi connectivity index (χ0n) is 13.2. The molecule has 1 amide bonds. The van der Waals surface area contributed by atoms with E-state index in [1.54, 1.807) is 11.5 Å². The largest absolute Gasteiger partial charge is 0.478 e. The summed E-state index contributed by atoms with van der Waals surface area (Å²) in [5, 5.41) is 11.1. The fourth-order valence-electron chi connectivity index (χ4n) is 2.14. The molecule has 0 fully saturated rings. The summed E-state index contributed by atoms with van der Waals surface area (Å²) >= 11 is 0. The lowest BCUT2D eigenvalue weighted by Crippen LogP contribution is -2.24. The van der Waals surface area contributed by atoms with Crippen molar-refractivity contribution in [1.29, 1.82) is 0 Å². The molecule has 2 aromatic rings. The number of hydrogen-bond acceptors (Lipinski definition) is 4. The van der Waals surface area contributed by atoms with E-state index in [1.165, 1.54) is 12.3 Å². The number of pyridine rings is 1. The molecule has 0 unspecified atom stereocenters. The number of halogens is 3. The second kappa shape index (κ2) is 7.84. The first-order chi connectivity index (χ1) is 11.8. The van der Waals surface area contributed by atoms with Gasteiger partial charge in [-0.2, -0.15) is 0 Å². The van der Waals surface area contributed by atoms with Gasteiger partial charge in [0, 0.05) is 36.6 Å². The SMILES string of the molecule is Cc1c(OCC(=O)Nc2cc(F)c(F)c(F)c2)c(=O)ccn1CCO. The van der Waals surface area contributed by atoms with Crippen molar-refractivity contribution in [3.63, 3.8) is 0 Å². The molecule has 0 bridgehead atoms. The molecule has 1 heterocycles. The van der Waals surface area contributed by atoms with Gasteiger partial charge < -0.3 is 19.7 Å². The maximum atomic E-state index is 13.1. The van der Waals surface area contributed by atoms with Crippen LogP contribution in [0.4, 0.5) is 18.9 Å². The number of aliphatic hydroxyl groups excluding tert-OH is 1. The summed E-state index contributed by atoms with van der Waals surface area (Å²) in [6.45, 7) is 1.07. The second-order valence-electron chi connectivity index (χ2n) is 5.10. The van der Waals surface area contributed by atoms with Crippen LogP contribution in [0.15, 0.2) is 29.2 Å². The highest BCUT2D eigenvalue weighted by Gasteiger charge is 2.14. The van der Waals surface area contributed by atoms with Gasteiger partial charge in [0.05, 0.1) is 12.3 Å². The predicted molar refractivity (Wildman–Crippen MR) is 83.0 cm³/mol. The predicted octanol–water partition coefficient (Wildman–Crippen LogP) is 1.58. The Morgan fingerprint density at radius 1 is 1.28 bits per heavy atom. The molecule has 0 saturated heterocycles. The van der Waals surface area contributed by atoms with Gasteiger partial charge in [0.15, 0.2) is 29.8 Å². The number of nitrogens with one attached hydrogen (secondary N) is 1. The Balaban J connectivity index is 2.08. The molecule has 1 aromatic carbocycles. The molecule has 2 N–H and O–H groups in total. The standard InChI is InChI=1S/C16H15F3N2O4/c1-9-16(13(23)2-3-21(9)4-5-22)25-8-14(24)20-10-6-11(17)15(19)12(18)7-10/h2-3,6-7,22H,4-5,8H2,1H3,(H,20,24). The monoisotopic (exact) mass is 356 g/mol. The minimum Gasteiger partial charge on any atom is -0.478 e. The van der Waals surface area contributed by atoms with Gasteiger partial charge in [0.2, 0.25) is 5.43 Å². The van der Waals surface area contributed by atoms with Crippen molar-refractivity contribution in [2.75, 3.05) is 18.5 Å². The third kappa shape index (κ3) is 4.38. The van der Waals surface area contributed by atoms with Crippen LogP contribution in [0.3, 0.4) is 0 Å². The maximum Gasteiger partial charge on any atom is 0.262 e. The molecule has 0 spiro atoms. The summed E-state index contributed by atoms with van der Waals surface area (Å²) in [5.41, 5.74) is -0.334. The van der Waals surface area contributed by atoms with Crippen LogP contribution >= 0.6 is 0 Å². The van der Waals surface area contributed by atoms with E-state index in [1.807, 2.05) is 0 Å². The van der Waals surface area contributed by atoms with Crippen molar-refractivity contribution in [3.05, 3.63) is 57.8 Å². The number of carbonyl (C=O) groups excluding carboxylic acids is 1. The number of hydrogen-bond donors (Lipinski definition) is 2. The van der Waals surface area contributed by atoms with Crippen molar-refractivity contribution < 1.29 is 27.8 Å². The molecule has 9 heteroatoms. The first-order valence-corrected chi connectivity index (χ1v) is 7.21. The topological polar surface area (TPSA) is 80.6 Å². The molecule has 0 radical (unpaired) electrons. The van der Waals surface area contributed by atoms with Crippen molar-refractivity contribution >= 4 is 11.6 Å². The molecule has 25 heavy (non-hydrogen) atoms. The van der Waals surface area contributed by atoms with E-state index in [0.29, 0.717) is 17.8 Å². The number of anilines is 1. The summed E-state index contributed by atoms with van der Waals surface area (Å²) in [6, 6.07) is 2.47. The Bertz CT molecular complexity index is 829. The third-order valence-corrected chi connectivity index (χ3v) is 3.35. The molecule has 0 aliphatic rings. The lowest BCUT2D eigenvalue weighted by molar-refractivity contribution is -0.118. The van der Waals surface area contributed by atoms with Crippen molar-refractivity contribution in [2.45, 2.75) is 13.5 Å². The van der Waals surface area contributed by atoms with Crippen molar-refractivity contribution in [3.8, 4) is 5.75 Å². The third-order valence-electron chi connectivity index (χ3n) is 3.35. The molecular weight excluding hydrogens is 341 g/mol. The molecule has 0 atom stereocenters. The van der Waals surface area contributed by atoms with Gasteiger partial charge >= 0.3 is 0 Å². The lowest BCUT2D eigenvalue weighted by atomic mass is 10.3. The molecule has 134 valence electrons. The van der Waals surface area contributed by atoms with E-state index in [9.17, 15) is 22.8 Å². The Morgan fingerprint density at radius 2 is 1.92 bits per heavy atom. The average molecular weight is 356 g/mol. The van der Waals surface area contributed by atoms with E-state index in [-0.39, 0.29) is 24.6 Å². The highest BCUT2D eigenvalue weighted by atomic mass is 19.2. The van der Waals surface area contributed by atoms with Gasteiger partial charge in [-0.3, -0.25) is 9.59 Å². The molecular formula is C16H15F3N2O4. The Morgan fingerprint density at radius 3 is 2.52 bits per heavy atom. The van der Waals surface area contributed by atoms with Crippen LogP contribution < -0.4 is 15.5 Å². The number of aliphatic hydroxyl groups is 1. The maximum absolute atomic E-state index is 13.1. The van der Waals surface area contributed by atoms with Gasteiger partial charge in [-0.1, -0.05) is 0 Å². The lowest BCUT2D eigenvalue weighted by Gasteiger charge is -2.14. The van der Waals surface area contributed by atoms with E-state index < -0.39 is 35.4 Å². The van der Waals surface area contributed by atoms with Crippen molar-refractivity contribution in [1.82, 2.24) is 4.57 Å². The van der Waals surface area contributed by atoms with Gasteiger partial charge in [0.1, 0.15) is 0 Å². The molecule has 1 aromatic heterocycles. The average Bonchev–Trinajstić information content (AvgIpc) is 2.55. The summed E-state index contributed by atoms with van der Waals surface area (Å²) in [7, 11) is 0. The second-order valence-corrected chi connectivity index (χ2v) is 5.10. The highest BCUT2D eigenvalue weighted by Crippen LogP contribution is 2.17. The highest BCUT2D eigenvalue weighted by molar-refractivity contribution is 5.91. The van der Waals surface area contributed by atoms with E-state index >= 15 is 0 Å². The van der Waals surface area contributed by atoms with Gasteiger partial charge in [0.25, 0.3) is 5.91 Å². The van der Waals surface area contributed by atoms with Gasteiger partial charge in [-0.15, -0.1) is 0 Å². The summed E-state index contributed by atoms with van der Waals surface area (Å²) in [5.74, 6) is -5.40. The van der Waals surface area contributed by atoms with Crippen LogP contribution in [0.5, 0.6) is 5.75 Å². The fourth-order valence-corrected chi connectivity index (χ4v) is 2.14. The number of nitrogens with zero attached hydrogens (tertiary/aromatic N) is 1. The minimum absolute atomic E-state index is 0.0810. The van der Waals surface area contributed by atoms with Crippen LogP contribution in [0.2, 0.25) is 0 Å². The molecule has 6 nitrogen and oxygen atoms in total. The molecule has 2 rings (SSSR count). The summed E-state index contributed by atoms with van der Waals surface area (Å²) < 4.78 is 45.8.